The lowest BCUT2D eigenvalue weighted by atomic mass is 10.0. The van der Waals surface area contributed by atoms with E-state index in [-0.39, 0.29) is 32.1 Å². The van der Waals surface area contributed by atoms with Crippen molar-refractivity contribution >= 4 is 40.5 Å². The van der Waals surface area contributed by atoms with Gasteiger partial charge in [0.25, 0.3) is 0 Å². The number of hydrogen-bond acceptors (Lipinski definition) is 6. The highest BCUT2D eigenvalue weighted by Gasteiger charge is 2.31. The Morgan fingerprint density at radius 1 is 0.674 bits per heavy atom. The van der Waals surface area contributed by atoms with Gasteiger partial charge in [0.1, 0.15) is 18.1 Å². The van der Waals surface area contributed by atoms with Crippen LogP contribution in [0, 0.1) is 0 Å². The van der Waals surface area contributed by atoms with Crippen LogP contribution in [0.5, 0.6) is 0 Å². The molecule has 0 aliphatic carbocycles. The third-order valence-corrected chi connectivity index (χ3v) is 7.58. The predicted octanol–water partition coefficient (Wildman–Crippen LogP) is 1.33. The van der Waals surface area contributed by atoms with Gasteiger partial charge in [0, 0.05) is 36.4 Å². The van der Waals surface area contributed by atoms with Gasteiger partial charge >= 0.3 is 5.97 Å². The van der Waals surface area contributed by atoms with Gasteiger partial charge in [-0.25, -0.2) is 4.79 Å². The molecule has 0 radical (unpaired) electrons. The van der Waals surface area contributed by atoms with Gasteiger partial charge in [0.05, 0.1) is 6.04 Å². The molecule has 0 bridgehead atoms. The molecule has 4 atom stereocenters. The van der Waals surface area contributed by atoms with Crippen LogP contribution in [0.15, 0.2) is 91.1 Å². The molecule has 1 aromatic heterocycles. The minimum atomic E-state index is -1.32. The van der Waals surface area contributed by atoms with Crippen molar-refractivity contribution in [3.05, 3.63) is 108 Å². The Morgan fingerprint density at radius 2 is 1.22 bits per heavy atom. The number of aliphatic carboxylic acids is 1. The average molecular weight is 627 g/mol. The molecule has 12 nitrogen and oxygen atoms in total. The van der Waals surface area contributed by atoms with E-state index in [2.05, 4.69) is 20.9 Å². The van der Waals surface area contributed by atoms with Crippen LogP contribution in [0.3, 0.4) is 0 Å². The first-order valence-corrected chi connectivity index (χ1v) is 14.9. The summed E-state index contributed by atoms with van der Waals surface area (Å²) in [5.74, 6) is -4.08. The number of carbonyl (C=O) groups excluding carboxylic acids is 4. The van der Waals surface area contributed by atoms with Crippen LogP contribution in [0.2, 0.25) is 0 Å². The molecule has 4 amide bonds. The molecule has 1 heterocycles. The van der Waals surface area contributed by atoms with Gasteiger partial charge in [-0.15, -0.1) is 0 Å². The lowest BCUT2D eigenvalue weighted by Gasteiger charge is -2.25. The summed E-state index contributed by atoms with van der Waals surface area (Å²) in [4.78, 5) is 67.2. The molecule has 0 fully saturated rings. The molecule has 12 heteroatoms. The van der Waals surface area contributed by atoms with Crippen molar-refractivity contribution in [2.24, 2.45) is 11.5 Å². The number of para-hydroxylation sites is 1. The Kier molecular flexibility index (Phi) is 11.6. The van der Waals surface area contributed by atoms with Crippen LogP contribution in [0.1, 0.15) is 29.5 Å². The molecule has 46 heavy (non-hydrogen) atoms. The van der Waals surface area contributed by atoms with E-state index in [0.29, 0.717) is 5.56 Å². The maximum atomic E-state index is 13.8. The van der Waals surface area contributed by atoms with E-state index in [1.54, 1.807) is 36.5 Å². The summed E-state index contributed by atoms with van der Waals surface area (Å²) in [6.07, 6.45) is 1.57. The summed E-state index contributed by atoms with van der Waals surface area (Å²) < 4.78 is 0. The summed E-state index contributed by atoms with van der Waals surface area (Å²) in [5, 5.41) is 18.5. The van der Waals surface area contributed by atoms with Crippen LogP contribution >= 0.6 is 0 Å². The smallest absolute Gasteiger partial charge is 0.326 e. The van der Waals surface area contributed by atoms with Gasteiger partial charge in [-0.1, -0.05) is 78.9 Å². The summed E-state index contributed by atoms with van der Waals surface area (Å²) in [6.45, 7) is 0. The van der Waals surface area contributed by atoms with Gasteiger partial charge in [-0.2, -0.15) is 0 Å². The second kappa shape index (κ2) is 16.0. The van der Waals surface area contributed by atoms with Crippen LogP contribution in [-0.2, 0) is 43.2 Å². The number of rotatable bonds is 16. The minimum Gasteiger partial charge on any atom is -0.480 e. The molecule has 0 spiro atoms. The topological polar surface area (TPSA) is 209 Å². The largest absolute Gasteiger partial charge is 0.480 e. The van der Waals surface area contributed by atoms with E-state index in [0.717, 1.165) is 22.0 Å². The predicted molar refractivity (Wildman–Crippen MR) is 172 cm³/mol. The molecule has 4 unspecified atom stereocenters. The molecule has 0 saturated carbocycles. The fourth-order valence-electron chi connectivity index (χ4n) is 5.12. The zero-order chi connectivity index (χ0) is 33.1. The Hall–Kier alpha value is -5.49. The average Bonchev–Trinajstić information content (AvgIpc) is 3.45. The van der Waals surface area contributed by atoms with Crippen LogP contribution in [0.4, 0.5) is 0 Å². The number of nitrogens with two attached hydrogens (primary N) is 2. The number of aromatic amines is 1. The van der Waals surface area contributed by atoms with Crippen LogP contribution < -0.4 is 27.4 Å². The van der Waals surface area contributed by atoms with Gasteiger partial charge in [0.2, 0.25) is 23.6 Å². The zero-order valence-corrected chi connectivity index (χ0v) is 25.1. The quantitative estimate of drug-likeness (QED) is 0.0969. The first-order chi connectivity index (χ1) is 22.1. The molecular weight excluding hydrogens is 588 g/mol. The molecule has 0 aliphatic heterocycles. The van der Waals surface area contributed by atoms with E-state index in [4.69, 9.17) is 11.5 Å². The Bertz CT molecular complexity index is 1660. The molecule has 240 valence electrons. The fourth-order valence-corrected chi connectivity index (χ4v) is 5.12. The van der Waals surface area contributed by atoms with Crippen molar-refractivity contribution in [1.82, 2.24) is 20.9 Å². The third kappa shape index (κ3) is 9.50. The highest BCUT2D eigenvalue weighted by atomic mass is 16.4. The van der Waals surface area contributed by atoms with Crippen LogP contribution in [-0.4, -0.2) is 63.9 Å². The van der Waals surface area contributed by atoms with Gasteiger partial charge in [0.15, 0.2) is 0 Å². The number of fused-ring (bicyclic) bond motifs is 1. The standard InChI is InChI=1S/C34H38N6O6/c35-25(17-21-9-3-1-4-10-21)31(42)39-28(19-23-20-37-26-14-8-7-13-24(23)26)33(44)38-27(15-16-30(36)41)32(43)40-29(34(45)46)18-22-11-5-2-6-12-22/h1-14,20,25,27-29,37H,15-19,35H2,(H2,36,41)(H,38,44)(H,39,42)(H,40,43)(H,45,46). The van der Waals surface area contributed by atoms with Gasteiger partial charge in [-0.05, 0) is 35.6 Å². The Morgan fingerprint density at radius 3 is 1.85 bits per heavy atom. The maximum Gasteiger partial charge on any atom is 0.326 e. The second-order valence-electron chi connectivity index (χ2n) is 11.1. The molecule has 4 aromatic rings. The van der Waals surface area contributed by atoms with Crippen molar-refractivity contribution in [2.45, 2.75) is 56.3 Å². The molecule has 4 rings (SSSR count). The summed E-state index contributed by atoms with van der Waals surface area (Å²) in [5.41, 5.74) is 14.6. The van der Waals surface area contributed by atoms with E-state index in [9.17, 15) is 29.1 Å². The monoisotopic (exact) mass is 626 g/mol. The molecule has 0 aliphatic rings. The number of primary amides is 1. The molecule has 9 N–H and O–H groups in total. The van der Waals surface area contributed by atoms with Gasteiger partial charge in [-0.3, -0.25) is 19.2 Å². The number of carboxylic acids is 1. The number of carbonyl (C=O) groups is 5. The summed E-state index contributed by atoms with van der Waals surface area (Å²) >= 11 is 0. The number of nitrogens with one attached hydrogen (secondary N) is 4. The number of H-pyrrole nitrogens is 1. The molecule has 3 aromatic carbocycles. The minimum absolute atomic E-state index is 0.00303. The Balaban J connectivity index is 1.54. The molecule has 0 saturated heterocycles. The van der Waals surface area contributed by atoms with E-state index in [1.807, 2.05) is 54.6 Å². The van der Waals surface area contributed by atoms with Crippen LogP contribution in [0.25, 0.3) is 10.9 Å². The van der Waals surface area contributed by atoms with Gasteiger partial charge < -0.3 is 37.5 Å². The van der Waals surface area contributed by atoms with Crippen molar-refractivity contribution in [3.8, 4) is 0 Å². The van der Waals surface area contributed by atoms with Crippen molar-refractivity contribution in [1.29, 1.82) is 0 Å². The molecular formula is C34H38N6O6. The van der Waals surface area contributed by atoms with Crippen molar-refractivity contribution < 1.29 is 29.1 Å². The number of carboxylic acid groups (broad SMARTS) is 1. The highest BCUT2D eigenvalue weighted by molar-refractivity contribution is 5.95. The third-order valence-electron chi connectivity index (χ3n) is 7.58. The maximum absolute atomic E-state index is 13.8. The summed E-state index contributed by atoms with van der Waals surface area (Å²) in [6, 6.07) is 20.6. The number of hydrogen-bond donors (Lipinski definition) is 7. The lowest BCUT2D eigenvalue weighted by Crippen LogP contribution is -2.58. The zero-order valence-electron chi connectivity index (χ0n) is 25.1. The second-order valence-corrected chi connectivity index (χ2v) is 11.1. The first-order valence-electron chi connectivity index (χ1n) is 14.9. The van der Waals surface area contributed by atoms with E-state index < -0.39 is 53.8 Å². The number of aromatic nitrogens is 1. The lowest BCUT2D eigenvalue weighted by molar-refractivity contribution is -0.142. The normalized spacial score (nSPS) is 13.6. The number of benzene rings is 3. The Labute approximate surface area is 265 Å². The highest BCUT2D eigenvalue weighted by Crippen LogP contribution is 2.19. The SMILES string of the molecule is NC(=O)CCC(NC(=O)C(Cc1c[nH]c2ccccc12)NC(=O)C(N)Cc1ccccc1)C(=O)NC(Cc1ccccc1)C(=O)O. The van der Waals surface area contributed by atoms with E-state index in [1.165, 1.54) is 0 Å². The van der Waals surface area contributed by atoms with E-state index >= 15 is 0 Å². The van der Waals surface area contributed by atoms with Crippen molar-refractivity contribution in [3.63, 3.8) is 0 Å². The fraction of sp³-hybridized carbons (Fsp3) is 0.265. The summed E-state index contributed by atoms with van der Waals surface area (Å²) in [7, 11) is 0. The number of amides is 4. The van der Waals surface area contributed by atoms with Crippen molar-refractivity contribution in [2.75, 3.05) is 0 Å². The first kappa shape index (κ1) is 33.4.